The lowest BCUT2D eigenvalue weighted by atomic mass is 10.2. The van der Waals surface area contributed by atoms with Gasteiger partial charge in [-0.05, 0) is 18.2 Å². The second kappa shape index (κ2) is 5.79. The van der Waals surface area contributed by atoms with Gasteiger partial charge in [0, 0.05) is 5.02 Å². The Hall–Kier alpha value is -1.96. The Morgan fingerprint density at radius 3 is 2.53 bits per heavy atom. The number of hydrogen-bond donors (Lipinski definition) is 2. The number of halogens is 4. The number of hydrogen-bond acceptors (Lipinski definition) is 3. The van der Waals surface area contributed by atoms with Crippen molar-refractivity contribution < 1.29 is 32.6 Å². The molecule has 1 aromatic carbocycles. The monoisotopic (exact) mass is 297 g/mol. The van der Waals surface area contributed by atoms with E-state index in [1.54, 1.807) is 0 Å². The minimum absolute atomic E-state index is 0.103. The number of amides is 1. The number of aromatic carboxylic acids is 1. The molecule has 0 saturated heterocycles. The SMILES string of the molecule is O=C(Nc1ccc(Cl)cc1C(=O)O)OCC(F)(F)F. The van der Waals surface area contributed by atoms with E-state index in [2.05, 4.69) is 4.74 Å². The zero-order chi connectivity index (χ0) is 14.6. The van der Waals surface area contributed by atoms with Crippen LogP contribution in [0.1, 0.15) is 10.4 Å². The van der Waals surface area contributed by atoms with Crippen molar-refractivity contribution in [2.45, 2.75) is 6.18 Å². The number of carbonyl (C=O) groups excluding carboxylic acids is 1. The van der Waals surface area contributed by atoms with Crippen molar-refractivity contribution in [3.63, 3.8) is 0 Å². The molecule has 1 rings (SSSR count). The zero-order valence-corrected chi connectivity index (χ0v) is 9.88. The molecule has 0 heterocycles. The zero-order valence-electron chi connectivity index (χ0n) is 9.12. The fourth-order valence-electron chi connectivity index (χ4n) is 1.10. The molecule has 0 aromatic heterocycles. The Balaban J connectivity index is 2.77. The van der Waals surface area contributed by atoms with Gasteiger partial charge in [0.2, 0.25) is 0 Å². The molecule has 0 atom stereocenters. The lowest BCUT2D eigenvalue weighted by molar-refractivity contribution is -0.159. The second-order valence-electron chi connectivity index (χ2n) is 3.31. The molecule has 0 unspecified atom stereocenters. The predicted molar refractivity (Wildman–Crippen MR) is 59.4 cm³/mol. The molecule has 0 bridgehead atoms. The molecule has 104 valence electrons. The summed E-state index contributed by atoms with van der Waals surface area (Å²) in [4.78, 5) is 21.9. The highest BCUT2D eigenvalue weighted by molar-refractivity contribution is 6.31. The standard InChI is InChI=1S/C10H7ClF3NO4/c11-5-1-2-7(6(3-5)8(16)17)15-9(18)19-4-10(12,13)14/h1-3H,4H2,(H,15,18)(H,16,17). The average Bonchev–Trinajstić information content (AvgIpc) is 2.28. The van der Waals surface area contributed by atoms with E-state index in [1.165, 1.54) is 6.07 Å². The van der Waals surface area contributed by atoms with Gasteiger partial charge in [0.25, 0.3) is 0 Å². The molecule has 9 heteroatoms. The fraction of sp³-hybridized carbons (Fsp3) is 0.200. The molecule has 5 nitrogen and oxygen atoms in total. The Morgan fingerprint density at radius 1 is 1.37 bits per heavy atom. The van der Waals surface area contributed by atoms with Gasteiger partial charge >= 0.3 is 18.2 Å². The Kier molecular flexibility index (Phi) is 4.60. The van der Waals surface area contributed by atoms with E-state index in [9.17, 15) is 22.8 Å². The van der Waals surface area contributed by atoms with Crippen molar-refractivity contribution in [3.8, 4) is 0 Å². The third-order valence-electron chi connectivity index (χ3n) is 1.82. The van der Waals surface area contributed by atoms with Crippen molar-refractivity contribution >= 4 is 29.4 Å². The van der Waals surface area contributed by atoms with Crippen molar-refractivity contribution in [3.05, 3.63) is 28.8 Å². The molecule has 1 amide bonds. The van der Waals surface area contributed by atoms with E-state index in [0.29, 0.717) is 0 Å². The number of alkyl halides is 3. The Bertz CT molecular complexity index is 504. The van der Waals surface area contributed by atoms with Crippen LogP contribution in [0.25, 0.3) is 0 Å². The normalized spacial score (nSPS) is 10.9. The van der Waals surface area contributed by atoms with Gasteiger partial charge in [-0.1, -0.05) is 11.6 Å². The van der Waals surface area contributed by atoms with Crippen LogP contribution in [0.2, 0.25) is 5.02 Å². The molecule has 19 heavy (non-hydrogen) atoms. The van der Waals surface area contributed by atoms with E-state index in [0.717, 1.165) is 12.1 Å². The number of carbonyl (C=O) groups is 2. The van der Waals surface area contributed by atoms with Crippen molar-refractivity contribution in [2.75, 3.05) is 11.9 Å². The Labute approximate surface area is 109 Å². The van der Waals surface area contributed by atoms with Gasteiger partial charge in [-0.25, -0.2) is 9.59 Å². The largest absolute Gasteiger partial charge is 0.478 e. The minimum Gasteiger partial charge on any atom is -0.478 e. The smallest absolute Gasteiger partial charge is 0.422 e. The first kappa shape index (κ1) is 15.1. The summed E-state index contributed by atoms with van der Waals surface area (Å²) in [7, 11) is 0. The highest BCUT2D eigenvalue weighted by Crippen LogP contribution is 2.21. The summed E-state index contributed by atoms with van der Waals surface area (Å²) in [6.45, 7) is -1.77. The Morgan fingerprint density at radius 2 is 2.00 bits per heavy atom. The molecule has 0 saturated carbocycles. The maximum atomic E-state index is 11.8. The molecule has 0 aliphatic heterocycles. The summed E-state index contributed by atoms with van der Waals surface area (Å²) in [6.07, 6.45) is -6.07. The lowest BCUT2D eigenvalue weighted by Gasteiger charge is -2.10. The summed E-state index contributed by atoms with van der Waals surface area (Å²) in [6, 6.07) is 3.46. The first-order chi connectivity index (χ1) is 8.69. The van der Waals surface area contributed by atoms with E-state index >= 15 is 0 Å². The van der Waals surface area contributed by atoms with Crippen LogP contribution in [0.4, 0.5) is 23.7 Å². The third kappa shape index (κ3) is 5.04. The van der Waals surface area contributed by atoms with Crippen LogP contribution >= 0.6 is 11.6 Å². The van der Waals surface area contributed by atoms with Gasteiger partial charge in [-0.3, -0.25) is 5.32 Å². The van der Waals surface area contributed by atoms with Crippen LogP contribution in [0, 0.1) is 0 Å². The van der Waals surface area contributed by atoms with Gasteiger partial charge in [-0.2, -0.15) is 13.2 Å². The van der Waals surface area contributed by atoms with Crippen LogP contribution in [0.15, 0.2) is 18.2 Å². The van der Waals surface area contributed by atoms with Crippen molar-refractivity contribution in [2.24, 2.45) is 0 Å². The van der Waals surface area contributed by atoms with E-state index in [4.69, 9.17) is 16.7 Å². The molecule has 1 aromatic rings. The van der Waals surface area contributed by atoms with E-state index < -0.39 is 24.8 Å². The number of anilines is 1. The van der Waals surface area contributed by atoms with Crippen LogP contribution in [-0.4, -0.2) is 30.0 Å². The number of carboxylic acid groups (broad SMARTS) is 1. The number of rotatable bonds is 3. The number of nitrogens with one attached hydrogen (secondary N) is 1. The first-order valence-electron chi connectivity index (χ1n) is 4.72. The number of carboxylic acids is 1. The van der Waals surface area contributed by atoms with Gasteiger partial charge in [0.15, 0.2) is 6.61 Å². The van der Waals surface area contributed by atoms with Crippen LogP contribution < -0.4 is 5.32 Å². The molecule has 0 radical (unpaired) electrons. The highest BCUT2D eigenvalue weighted by atomic mass is 35.5. The summed E-state index contributed by atoms with van der Waals surface area (Å²) >= 11 is 5.56. The van der Waals surface area contributed by atoms with Gasteiger partial charge < -0.3 is 9.84 Å². The molecule has 0 spiro atoms. The molecule has 0 aliphatic carbocycles. The molecule has 0 aliphatic rings. The molecular formula is C10H7ClF3NO4. The number of benzene rings is 1. The minimum atomic E-state index is -4.66. The van der Waals surface area contributed by atoms with Crippen molar-refractivity contribution in [1.29, 1.82) is 0 Å². The molecule has 2 N–H and O–H groups in total. The van der Waals surface area contributed by atoms with Crippen LogP contribution in [-0.2, 0) is 4.74 Å². The molecular weight excluding hydrogens is 291 g/mol. The van der Waals surface area contributed by atoms with Gasteiger partial charge in [0.1, 0.15) is 0 Å². The topological polar surface area (TPSA) is 75.6 Å². The van der Waals surface area contributed by atoms with Crippen LogP contribution in [0.5, 0.6) is 0 Å². The van der Waals surface area contributed by atoms with Gasteiger partial charge in [-0.15, -0.1) is 0 Å². The number of ether oxygens (including phenoxy) is 1. The van der Waals surface area contributed by atoms with Crippen LogP contribution in [0.3, 0.4) is 0 Å². The second-order valence-corrected chi connectivity index (χ2v) is 3.75. The predicted octanol–water partition coefficient (Wildman–Crippen LogP) is 3.15. The van der Waals surface area contributed by atoms with Gasteiger partial charge in [0.05, 0.1) is 11.3 Å². The summed E-state index contributed by atoms with van der Waals surface area (Å²) in [5.74, 6) is -1.39. The quantitative estimate of drug-likeness (QED) is 0.898. The van der Waals surface area contributed by atoms with E-state index in [-0.39, 0.29) is 16.3 Å². The maximum Gasteiger partial charge on any atom is 0.422 e. The third-order valence-corrected chi connectivity index (χ3v) is 2.05. The van der Waals surface area contributed by atoms with E-state index in [1.807, 2.05) is 5.32 Å². The highest BCUT2D eigenvalue weighted by Gasteiger charge is 2.29. The summed E-state index contributed by atoms with van der Waals surface area (Å²) in [5.41, 5.74) is -0.583. The summed E-state index contributed by atoms with van der Waals surface area (Å²) in [5, 5.41) is 10.8. The maximum absolute atomic E-state index is 11.8. The molecule has 0 fully saturated rings. The van der Waals surface area contributed by atoms with Crippen molar-refractivity contribution in [1.82, 2.24) is 0 Å². The summed E-state index contributed by atoms with van der Waals surface area (Å²) < 4.78 is 39.3. The lowest BCUT2D eigenvalue weighted by Crippen LogP contribution is -2.24. The fourth-order valence-corrected chi connectivity index (χ4v) is 1.27. The first-order valence-corrected chi connectivity index (χ1v) is 5.10. The average molecular weight is 298 g/mol.